The van der Waals surface area contributed by atoms with Crippen LogP contribution in [-0.2, 0) is 21.1 Å². The van der Waals surface area contributed by atoms with Crippen LogP contribution in [0.15, 0.2) is 18.2 Å². The summed E-state index contributed by atoms with van der Waals surface area (Å²) in [5, 5.41) is 0. The number of anilines is 1. The molecule has 1 heterocycles. The normalized spacial score (nSPS) is 18.3. The van der Waals surface area contributed by atoms with Crippen molar-refractivity contribution in [1.82, 2.24) is 0 Å². The number of esters is 1. The van der Waals surface area contributed by atoms with Crippen LogP contribution < -0.4 is 4.31 Å². The molecule has 0 saturated carbocycles. The zero-order chi connectivity index (χ0) is 13.5. The number of carbonyl (C=O) groups is 1. The molecule has 1 atom stereocenters. The van der Waals surface area contributed by atoms with Crippen molar-refractivity contribution >= 4 is 22.6 Å². The van der Waals surface area contributed by atoms with E-state index in [1.54, 1.807) is 18.4 Å². The van der Waals surface area contributed by atoms with E-state index in [0.717, 1.165) is 11.3 Å². The lowest BCUT2D eigenvalue weighted by Crippen LogP contribution is -2.29. The molecule has 0 spiro atoms. The largest absolute Gasteiger partial charge is 0.465 e. The molecule has 0 radical (unpaired) electrons. The predicted octanol–water partition coefficient (Wildman–Crippen LogP) is 1.86. The third kappa shape index (κ3) is 2.03. The van der Waals surface area contributed by atoms with Gasteiger partial charge in [0.2, 0.25) is 0 Å². The van der Waals surface area contributed by atoms with E-state index in [-0.39, 0.29) is 11.4 Å². The Morgan fingerprint density at radius 2 is 2.11 bits per heavy atom. The molecule has 1 aromatic carbocycles. The molecule has 0 N–H and O–H groups in total. The summed E-state index contributed by atoms with van der Waals surface area (Å²) in [6.07, 6.45) is 1.65. The van der Waals surface area contributed by atoms with Gasteiger partial charge in [-0.3, -0.25) is 4.31 Å². The summed E-state index contributed by atoms with van der Waals surface area (Å²) in [5.41, 5.74) is 2.41. The van der Waals surface area contributed by atoms with Crippen molar-refractivity contribution in [1.29, 1.82) is 0 Å². The van der Waals surface area contributed by atoms with Crippen molar-refractivity contribution in [2.75, 3.05) is 24.2 Å². The molecule has 1 aliphatic heterocycles. The summed E-state index contributed by atoms with van der Waals surface area (Å²) in [5.74, 6) is -0.371. The zero-order valence-electron chi connectivity index (χ0n) is 11.0. The van der Waals surface area contributed by atoms with Gasteiger partial charge in [0.15, 0.2) is 0 Å². The first-order valence-electron chi connectivity index (χ1n) is 5.71. The Labute approximate surface area is 110 Å². The number of ether oxygens (including phenoxy) is 1. The highest BCUT2D eigenvalue weighted by Gasteiger charge is 2.37. The Morgan fingerprint density at radius 3 is 2.67 bits per heavy atom. The SMILES string of the molecule is COC(=O)c1ccc2c(c1)N(S(C)=O)CC2(C)C. The van der Waals surface area contributed by atoms with Crippen molar-refractivity contribution in [2.24, 2.45) is 0 Å². The van der Waals surface area contributed by atoms with Gasteiger partial charge >= 0.3 is 5.97 Å². The van der Waals surface area contributed by atoms with Crippen LogP contribution in [0.4, 0.5) is 5.69 Å². The number of rotatable bonds is 2. The third-order valence-electron chi connectivity index (χ3n) is 3.27. The maximum Gasteiger partial charge on any atom is 0.337 e. The van der Waals surface area contributed by atoms with Gasteiger partial charge in [-0.15, -0.1) is 0 Å². The number of carbonyl (C=O) groups excluding carboxylic acids is 1. The van der Waals surface area contributed by atoms with Gasteiger partial charge in [0.25, 0.3) is 0 Å². The Hall–Kier alpha value is -1.36. The second-order valence-corrected chi connectivity index (χ2v) is 6.36. The van der Waals surface area contributed by atoms with Crippen LogP contribution in [0.3, 0.4) is 0 Å². The van der Waals surface area contributed by atoms with Gasteiger partial charge in [-0.05, 0) is 17.7 Å². The summed E-state index contributed by atoms with van der Waals surface area (Å²) >= 11 is 0. The molecule has 0 saturated heterocycles. The second kappa shape index (κ2) is 4.39. The van der Waals surface area contributed by atoms with Crippen LogP contribution in [0.1, 0.15) is 29.8 Å². The van der Waals surface area contributed by atoms with E-state index < -0.39 is 11.0 Å². The Balaban J connectivity index is 2.54. The average Bonchev–Trinajstić information content (AvgIpc) is 2.60. The standard InChI is InChI=1S/C13H17NO3S/c1-13(2)8-14(18(4)16)11-7-9(12(15)17-3)5-6-10(11)13/h5-7H,8H2,1-4H3. The minimum Gasteiger partial charge on any atom is -0.465 e. The van der Waals surface area contributed by atoms with E-state index in [4.69, 9.17) is 4.74 Å². The van der Waals surface area contributed by atoms with E-state index in [1.807, 2.05) is 10.4 Å². The molecule has 1 aromatic rings. The average molecular weight is 267 g/mol. The minimum absolute atomic E-state index is 0.0599. The fourth-order valence-electron chi connectivity index (χ4n) is 2.31. The summed E-state index contributed by atoms with van der Waals surface area (Å²) < 4.78 is 18.3. The van der Waals surface area contributed by atoms with E-state index in [2.05, 4.69) is 13.8 Å². The first-order chi connectivity index (χ1) is 8.36. The molecule has 0 aliphatic carbocycles. The number of nitrogens with zero attached hydrogens (tertiary/aromatic N) is 1. The van der Waals surface area contributed by atoms with Crippen LogP contribution >= 0.6 is 0 Å². The summed E-state index contributed by atoms with van der Waals surface area (Å²) in [6.45, 7) is 4.91. The zero-order valence-corrected chi connectivity index (χ0v) is 11.8. The van der Waals surface area contributed by atoms with Gasteiger partial charge in [0.1, 0.15) is 11.0 Å². The van der Waals surface area contributed by atoms with E-state index in [9.17, 15) is 9.00 Å². The lowest BCUT2D eigenvalue weighted by Gasteiger charge is -2.19. The smallest absolute Gasteiger partial charge is 0.337 e. The van der Waals surface area contributed by atoms with Crippen LogP contribution in [0.25, 0.3) is 0 Å². The van der Waals surface area contributed by atoms with Gasteiger partial charge in [-0.2, -0.15) is 0 Å². The van der Waals surface area contributed by atoms with Gasteiger partial charge in [-0.25, -0.2) is 9.00 Å². The molecule has 2 rings (SSSR count). The minimum atomic E-state index is -1.09. The lowest BCUT2D eigenvalue weighted by atomic mass is 9.86. The molecule has 0 fully saturated rings. The third-order valence-corrected chi connectivity index (χ3v) is 4.21. The molecule has 4 nitrogen and oxygen atoms in total. The highest BCUT2D eigenvalue weighted by atomic mass is 32.2. The van der Waals surface area contributed by atoms with Crippen LogP contribution in [0, 0.1) is 0 Å². The van der Waals surface area contributed by atoms with Crippen LogP contribution in [-0.4, -0.2) is 30.1 Å². The number of methoxy groups -OCH3 is 1. The van der Waals surface area contributed by atoms with Gasteiger partial charge in [0.05, 0.1) is 18.4 Å². The molecule has 0 amide bonds. The molecule has 1 unspecified atom stereocenters. The van der Waals surface area contributed by atoms with Crippen molar-refractivity contribution in [3.8, 4) is 0 Å². The molecular formula is C13H17NO3S. The van der Waals surface area contributed by atoms with Gasteiger partial charge < -0.3 is 4.74 Å². The van der Waals surface area contributed by atoms with Crippen molar-refractivity contribution in [3.63, 3.8) is 0 Å². The molecule has 1 aliphatic rings. The lowest BCUT2D eigenvalue weighted by molar-refractivity contribution is 0.0601. The van der Waals surface area contributed by atoms with Gasteiger partial charge in [-0.1, -0.05) is 19.9 Å². The number of fused-ring (bicyclic) bond motifs is 1. The second-order valence-electron chi connectivity index (χ2n) is 5.07. The number of hydrogen-bond acceptors (Lipinski definition) is 3. The fourth-order valence-corrected chi connectivity index (χ4v) is 3.25. The first-order valence-corrected chi connectivity index (χ1v) is 7.22. The monoisotopic (exact) mass is 267 g/mol. The fraction of sp³-hybridized carbons (Fsp3) is 0.462. The topological polar surface area (TPSA) is 46.6 Å². The Morgan fingerprint density at radius 1 is 1.44 bits per heavy atom. The van der Waals surface area contributed by atoms with Crippen molar-refractivity contribution in [3.05, 3.63) is 29.3 Å². The van der Waals surface area contributed by atoms with Crippen molar-refractivity contribution in [2.45, 2.75) is 19.3 Å². The molecule has 0 bridgehead atoms. The number of hydrogen-bond donors (Lipinski definition) is 0. The first kappa shape index (κ1) is 13.1. The summed E-state index contributed by atoms with van der Waals surface area (Å²) in [6, 6.07) is 5.44. The Kier molecular flexibility index (Phi) is 3.19. The quantitative estimate of drug-likeness (QED) is 0.768. The van der Waals surface area contributed by atoms with E-state index >= 15 is 0 Å². The Bertz CT molecular complexity index is 525. The highest BCUT2D eigenvalue weighted by molar-refractivity contribution is 7.85. The van der Waals surface area contributed by atoms with Crippen LogP contribution in [0.2, 0.25) is 0 Å². The molecule has 0 aromatic heterocycles. The highest BCUT2D eigenvalue weighted by Crippen LogP contribution is 2.41. The van der Waals surface area contributed by atoms with E-state index in [1.165, 1.54) is 7.11 Å². The maximum absolute atomic E-state index is 11.8. The predicted molar refractivity (Wildman–Crippen MR) is 72.2 cm³/mol. The van der Waals surface area contributed by atoms with E-state index in [0.29, 0.717) is 12.1 Å². The van der Waals surface area contributed by atoms with Gasteiger partial charge in [0, 0.05) is 18.2 Å². The molecule has 98 valence electrons. The molecular weight excluding hydrogens is 250 g/mol. The van der Waals surface area contributed by atoms with Crippen LogP contribution in [0.5, 0.6) is 0 Å². The summed E-state index contributed by atoms with van der Waals surface area (Å²) in [4.78, 5) is 11.5. The maximum atomic E-state index is 11.8. The molecule has 18 heavy (non-hydrogen) atoms. The van der Waals surface area contributed by atoms with Crippen molar-refractivity contribution < 1.29 is 13.7 Å². The number of benzene rings is 1. The summed E-state index contributed by atoms with van der Waals surface area (Å²) in [7, 11) is 0.265. The molecule has 5 heteroatoms.